The molecule has 0 spiro atoms. The Kier molecular flexibility index (Phi) is 22.5. The van der Waals surface area contributed by atoms with Crippen molar-refractivity contribution in [1.29, 1.82) is 0 Å². The molecule has 2 N–H and O–H groups in total. The van der Waals surface area contributed by atoms with E-state index in [1.807, 2.05) is 0 Å². The monoisotopic (exact) mass is 438 g/mol. The molecule has 0 aliphatic rings. The molecule has 0 aliphatic heterocycles. The summed E-state index contributed by atoms with van der Waals surface area (Å²) in [7, 11) is 0. The number of hydrogen-bond acceptors (Lipinski definition) is 2. The number of aliphatic hydroxyl groups is 1. The molecule has 3 nitrogen and oxygen atoms in total. The van der Waals surface area contributed by atoms with Crippen LogP contribution in [0.2, 0.25) is 0 Å². The Morgan fingerprint density at radius 3 is 2.27 bits per heavy atom. The van der Waals surface area contributed by atoms with Gasteiger partial charge in [0.05, 0.1) is 6.10 Å². The average Bonchev–Trinajstić information content (AvgIpc) is 2.45. The van der Waals surface area contributed by atoms with Crippen molar-refractivity contribution in [2.45, 2.75) is 96.5 Å². The summed E-state index contributed by atoms with van der Waals surface area (Å²) in [5, 5.41) is 18.3. The maximum absolute atomic E-state index is 10.3. The molecule has 0 rings (SSSR count). The van der Waals surface area contributed by atoms with Gasteiger partial charge in [0.2, 0.25) is 0 Å². The first-order valence-corrected chi connectivity index (χ1v) is 8.71. The number of hydrogen-bond donors (Lipinski definition) is 2. The van der Waals surface area contributed by atoms with E-state index in [-0.39, 0.29) is 55.0 Å². The zero-order valence-corrected chi connectivity index (χ0v) is 13.7. The third kappa shape index (κ3) is 20.7. The van der Waals surface area contributed by atoms with Crippen molar-refractivity contribution in [3.05, 3.63) is 12.2 Å². The Morgan fingerprint density at radius 2 is 1.59 bits per heavy atom. The van der Waals surface area contributed by atoms with Gasteiger partial charge in [0, 0.05) is 6.42 Å². The Morgan fingerprint density at radius 1 is 0.955 bits per heavy atom. The number of unbranched alkanes of at least 4 members (excludes halogenated alkanes) is 8. The Labute approximate surface area is 177 Å². The molecule has 0 saturated heterocycles. The molecule has 4 heteroatoms. The van der Waals surface area contributed by atoms with Gasteiger partial charge in [-0.25, -0.2) is 0 Å². The van der Waals surface area contributed by atoms with Crippen LogP contribution in [0.4, 0.5) is 0 Å². The number of allylic oxidation sites excluding steroid dienone is 1. The molecule has 0 heterocycles. The van der Waals surface area contributed by atoms with E-state index in [1.165, 1.54) is 25.7 Å². The molecule has 1 atom stereocenters. The fourth-order valence-corrected chi connectivity index (χ4v) is 2.36. The van der Waals surface area contributed by atoms with Gasteiger partial charge >= 0.3 is 54.9 Å². The van der Waals surface area contributed by atoms with Crippen LogP contribution in [0.15, 0.2) is 12.2 Å². The molecule has 0 aromatic carbocycles. The average molecular weight is 438 g/mol. The van der Waals surface area contributed by atoms with E-state index in [0.29, 0.717) is 6.42 Å². The normalized spacial score (nSPS) is 12.3. The molecule has 22 heavy (non-hydrogen) atoms. The number of carboxylic acid groups (broad SMARTS) is 1. The van der Waals surface area contributed by atoms with Crippen molar-refractivity contribution >= 4 is 54.9 Å². The first-order valence-electron chi connectivity index (χ1n) is 8.71. The number of carboxylic acids is 1. The van der Waals surface area contributed by atoms with Crippen LogP contribution in [0, 0.1) is 0 Å². The van der Waals surface area contributed by atoms with Gasteiger partial charge in [0.15, 0.2) is 0 Å². The molecule has 0 fully saturated rings. The molecule has 0 saturated carbocycles. The quantitative estimate of drug-likeness (QED) is 0.230. The van der Waals surface area contributed by atoms with Crippen LogP contribution >= 0.6 is 0 Å². The summed E-state index contributed by atoms with van der Waals surface area (Å²) in [5.41, 5.74) is 0. The molecule has 0 aliphatic carbocycles. The number of rotatable bonds is 15. The fourth-order valence-electron chi connectivity index (χ4n) is 2.36. The van der Waals surface area contributed by atoms with E-state index >= 15 is 0 Å². The Hall–Kier alpha value is 0.741. The predicted molar refractivity (Wildman–Crippen MR) is 97.0 cm³/mol. The van der Waals surface area contributed by atoms with E-state index in [9.17, 15) is 9.90 Å². The zero-order chi connectivity index (χ0) is 15.8. The molecular weight excluding hydrogens is 402 g/mol. The molecular formula is C18H36BaO3. The van der Waals surface area contributed by atoms with Gasteiger partial charge in [-0.15, -0.1) is 0 Å². The van der Waals surface area contributed by atoms with Crippen molar-refractivity contribution in [2.24, 2.45) is 0 Å². The summed E-state index contributed by atoms with van der Waals surface area (Å²) >= 11 is 0. The van der Waals surface area contributed by atoms with Gasteiger partial charge in [-0.05, 0) is 32.1 Å². The summed E-state index contributed by atoms with van der Waals surface area (Å²) in [6.07, 6.45) is 17.4. The molecule has 0 aromatic heterocycles. The zero-order valence-electron chi connectivity index (χ0n) is 13.7. The molecule has 0 radical (unpaired) electrons. The van der Waals surface area contributed by atoms with Crippen molar-refractivity contribution in [1.82, 2.24) is 0 Å². The van der Waals surface area contributed by atoms with E-state index in [1.54, 1.807) is 0 Å². The molecule has 0 amide bonds. The Bertz CT molecular complexity index is 267. The minimum absolute atomic E-state index is 0. The van der Waals surface area contributed by atoms with E-state index < -0.39 is 5.97 Å². The molecule has 128 valence electrons. The van der Waals surface area contributed by atoms with Crippen LogP contribution < -0.4 is 0 Å². The third-order valence-electron chi connectivity index (χ3n) is 3.73. The summed E-state index contributed by atoms with van der Waals surface area (Å²) in [4.78, 5) is 10.3. The second-order valence-corrected chi connectivity index (χ2v) is 5.91. The Balaban J connectivity index is 0. The van der Waals surface area contributed by atoms with Crippen LogP contribution in [0.25, 0.3) is 0 Å². The van der Waals surface area contributed by atoms with Crippen molar-refractivity contribution < 1.29 is 15.0 Å². The van der Waals surface area contributed by atoms with Gasteiger partial charge in [0.25, 0.3) is 0 Å². The summed E-state index contributed by atoms with van der Waals surface area (Å²) in [5.74, 6) is -0.689. The van der Waals surface area contributed by atoms with Crippen molar-refractivity contribution in [3.63, 3.8) is 0 Å². The molecule has 0 unspecified atom stereocenters. The van der Waals surface area contributed by atoms with Crippen LogP contribution in [0.3, 0.4) is 0 Å². The van der Waals surface area contributed by atoms with Crippen molar-refractivity contribution in [2.75, 3.05) is 0 Å². The SMILES string of the molecule is CCCCCC[C@@H](O)C/C=C\CCCCCCCC(=O)O.[BaH2]. The van der Waals surface area contributed by atoms with Gasteiger partial charge in [-0.2, -0.15) is 0 Å². The van der Waals surface area contributed by atoms with Crippen LogP contribution in [-0.4, -0.2) is 71.2 Å². The first kappa shape index (κ1) is 25.0. The second kappa shape index (κ2) is 19.8. The summed E-state index contributed by atoms with van der Waals surface area (Å²) in [6.45, 7) is 2.20. The topological polar surface area (TPSA) is 57.5 Å². The fraction of sp³-hybridized carbons (Fsp3) is 0.833. The molecule has 0 aromatic rings. The standard InChI is InChI=1S/C18H34O3.Ba.2H/c1-2-3-4-11-14-17(19)15-12-9-7-5-6-8-10-13-16-18(20)21;;;/h9,12,17,19H,2-8,10-11,13-16H2,1H3,(H,20,21);;;/b12-9-;;;/t17-;;;/m1.../s1. The first-order chi connectivity index (χ1) is 10.2. The molecule has 0 bridgehead atoms. The van der Waals surface area contributed by atoms with E-state index in [2.05, 4.69) is 19.1 Å². The van der Waals surface area contributed by atoms with Crippen LogP contribution in [0.1, 0.15) is 90.4 Å². The number of aliphatic hydroxyl groups excluding tert-OH is 1. The summed E-state index contributed by atoms with van der Waals surface area (Å²) in [6, 6.07) is 0. The predicted octanol–water partition coefficient (Wildman–Crippen LogP) is 4.16. The van der Waals surface area contributed by atoms with Crippen LogP contribution in [0.5, 0.6) is 0 Å². The van der Waals surface area contributed by atoms with Crippen LogP contribution in [-0.2, 0) is 4.79 Å². The third-order valence-corrected chi connectivity index (χ3v) is 3.73. The number of carbonyl (C=O) groups is 1. The van der Waals surface area contributed by atoms with Gasteiger partial charge in [0.1, 0.15) is 0 Å². The minimum atomic E-state index is -0.689. The van der Waals surface area contributed by atoms with Gasteiger partial charge in [-0.1, -0.05) is 64.0 Å². The van der Waals surface area contributed by atoms with E-state index in [0.717, 1.165) is 51.4 Å². The van der Waals surface area contributed by atoms with Gasteiger partial charge in [-0.3, -0.25) is 4.79 Å². The van der Waals surface area contributed by atoms with Crippen molar-refractivity contribution in [3.8, 4) is 0 Å². The summed E-state index contributed by atoms with van der Waals surface area (Å²) < 4.78 is 0. The number of aliphatic carboxylic acids is 1. The van der Waals surface area contributed by atoms with Gasteiger partial charge < -0.3 is 10.2 Å². The maximum atomic E-state index is 10.3. The van der Waals surface area contributed by atoms with E-state index in [4.69, 9.17) is 5.11 Å². The second-order valence-electron chi connectivity index (χ2n) is 5.91.